The van der Waals surface area contributed by atoms with Crippen LogP contribution in [0.25, 0.3) is 0 Å². The SMILES string of the molecule is CNC1CCN(C(=O)c2ccc(S(=O)(=O)Nc3ccc(C)cc3)cc2)CC1.Cl. The first kappa shape index (κ1) is 22.2. The molecule has 2 aromatic carbocycles. The highest BCUT2D eigenvalue weighted by Crippen LogP contribution is 2.19. The molecule has 1 aliphatic heterocycles. The number of halogens is 1. The van der Waals surface area contributed by atoms with Gasteiger partial charge in [0, 0.05) is 30.4 Å². The number of amides is 1. The van der Waals surface area contributed by atoms with E-state index in [4.69, 9.17) is 0 Å². The number of nitrogens with zero attached hydrogens (tertiary/aromatic N) is 1. The second-order valence-electron chi connectivity index (χ2n) is 6.85. The van der Waals surface area contributed by atoms with Crippen molar-refractivity contribution in [2.24, 2.45) is 0 Å². The fraction of sp³-hybridized carbons (Fsp3) is 0.350. The summed E-state index contributed by atoms with van der Waals surface area (Å²) in [6.45, 7) is 3.36. The van der Waals surface area contributed by atoms with Gasteiger partial charge in [-0.15, -0.1) is 12.4 Å². The molecule has 3 rings (SSSR count). The topological polar surface area (TPSA) is 78.5 Å². The third kappa shape index (κ3) is 5.25. The predicted octanol–water partition coefficient (Wildman–Crippen LogP) is 3.04. The van der Waals surface area contributed by atoms with Crippen LogP contribution in [0.5, 0.6) is 0 Å². The molecule has 0 saturated carbocycles. The van der Waals surface area contributed by atoms with Crippen LogP contribution < -0.4 is 10.0 Å². The summed E-state index contributed by atoms with van der Waals surface area (Å²) in [6, 6.07) is 13.7. The number of rotatable bonds is 5. The summed E-state index contributed by atoms with van der Waals surface area (Å²) in [4.78, 5) is 14.6. The Hall–Kier alpha value is -2.09. The van der Waals surface area contributed by atoms with Crippen molar-refractivity contribution in [2.75, 3.05) is 24.9 Å². The molecule has 1 heterocycles. The van der Waals surface area contributed by atoms with Gasteiger partial charge in [-0.05, 0) is 63.2 Å². The van der Waals surface area contributed by atoms with Crippen LogP contribution in [0.15, 0.2) is 53.4 Å². The second-order valence-corrected chi connectivity index (χ2v) is 8.53. The number of aryl methyl sites for hydroxylation is 1. The number of carbonyl (C=O) groups is 1. The molecule has 1 fully saturated rings. The summed E-state index contributed by atoms with van der Waals surface area (Å²) < 4.78 is 27.6. The zero-order valence-corrected chi connectivity index (χ0v) is 17.6. The van der Waals surface area contributed by atoms with Gasteiger partial charge in [0.15, 0.2) is 0 Å². The van der Waals surface area contributed by atoms with Crippen LogP contribution in [0.3, 0.4) is 0 Å². The molecule has 0 radical (unpaired) electrons. The first-order valence-corrected chi connectivity index (χ1v) is 10.5. The van der Waals surface area contributed by atoms with Crippen molar-refractivity contribution in [3.05, 3.63) is 59.7 Å². The van der Waals surface area contributed by atoms with Gasteiger partial charge in [0.25, 0.3) is 15.9 Å². The molecule has 0 spiro atoms. The van der Waals surface area contributed by atoms with Gasteiger partial charge in [-0.25, -0.2) is 8.42 Å². The summed E-state index contributed by atoms with van der Waals surface area (Å²) >= 11 is 0. The number of benzene rings is 2. The standard InChI is InChI=1S/C20H25N3O3S.ClH/c1-15-3-7-18(8-4-15)22-27(25,26)19-9-5-16(6-10-19)20(24)23-13-11-17(21-2)12-14-23;/h3-10,17,21-22H,11-14H2,1-2H3;1H. The van der Waals surface area contributed by atoms with Crippen LogP contribution in [0, 0.1) is 6.92 Å². The van der Waals surface area contributed by atoms with E-state index in [1.165, 1.54) is 12.1 Å². The molecule has 0 aromatic heterocycles. The van der Waals surface area contributed by atoms with Crippen molar-refractivity contribution >= 4 is 34.0 Å². The highest BCUT2D eigenvalue weighted by atomic mass is 35.5. The Morgan fingerprint density at radius 2 is 1.57 bits per heavy atom. The van der Waals surface area contributed by atoms with Crippen molar-refractivity contribution < 1.29 is 13.2 Å². The normalized spacial score (nSPS) is 15.0. The maximum absolute atomic E-state index is 12.6. The Bertz CT molecular complexity index is 891. The summed E-state index contributed by atoms with van der Waals surface area (Å²) in [5.41, 5.74) is 2.07. The lowest BCUT2D eigenvalue weighted by Gasteiger charge is -2.31. The molecule has 0 atom stereocenters. The van der Waals surface area contributed by atoms with Gasteiger partial charge in [-0.1, -0.05) is 17.7 Å². The molecule has 1 aliphatic rings. The van der Waals surface area contributed by atoms with E-state index in [0.29, 0.717) is 30.4 Å². The van der Waals surface area contributed by atoms with Crippen molar-refractivity contribution in [1.82, 2.24) is 10.2 Å². The highest BCUT2D eigenvalue weighted by Gasteiger charge is 2.23. The summed E-state index contributed by atoms with van der Waals surface area (Å²) in [5, 5.41) is 3.24. The molecule has 1 saturated heterocycles. The third-order valence-electron chi connectivity index (χ3n) is 4.91. The minimum absolute atomic E-state index is 0. The molecule has 2 aromatic rings. The maximum atomic E-state index is 12.6. The Morgan fingerprint density at radius 1 is 1.00 bits per heavy atom. The smallest absolute Gasteiger partial charge is 0.261 e. The summed E-state index contributed by atoms with van der Waals surface area (Å²) in [7, 11) is -1.75. The summed E-state index contributed by atoms with van der Waals surface area (Å²) in [6.07, 6.45) is 1.85. The molecule has 28 heavy (non-hydrogen) atoms. The van der Waals surface area contributed by atoms with Crippen molar-refractivity contribution in [1.29, 1.82) is 0 Å². The third-order valence-corrected chi connectivity index (χ3v) is 6.30. The van der Waals surface area contributed by atoms with Gasteiger partial charge in [-0.3, -0.25) is 9.52 Å². The van der Waals surface area contributed by atoms with Crippen LogP contribution in [0.1, 0.15) is 28.8 Å². The zero-order chi connectivity index (χ0) is 19.4. The van der Waals surface area contributed by atoms with Crippen LogP contribution in [-0.4, -0.2) is 45.4 Å². The van der Waals surface area contributed by atoms with Crippen LogP contribution in [0.4, 0.5) is 5.69 Å². The second kappa shape index (κ2) is 9.41. The molecule has 6 nitrogen and oxygen atoms in total. The van der Waals surface area contributed by atoms with Gasteiger partial charge < -0.3 is 10.2 Å². The molecular formula is C20H26ClN3O3S. The monoisotopic (exact) mass is 423 g/mol. The number of hydrogen-bond donors (Lipinski definition) is 2. The number of anilines is 1. The minimum atomic E-state index is -3.69. The number of piperidine rings is 1. The fourth-order valence-electron chi connectivity index (χ4n) is 3.17. The fourth-order valence-corrected chi connectivity index (χ4v) is 4.22. The Balaban J connectivity index is 0.00000280. The van der Waals surface area contributed by atoms with Gasteiger partial charge in [-0.2, -0.15) is 0 Å². The predicted molar refractivity (Wildman–Crippen MR) is 114 cm³/mol. The lowest BCUT2D eigenvalue weighted by atomic mass is 10.0. The van der Waals surface area contributed by atoms with Gasteiger partial charge in [0.05, 0.1) is 4.90 Å². The lowest BCUT2D eigenvalue weighted by molar-refractivity contribution is 0.0707. The van der Waals surface area contributed by atoms with Crippen molar-refractivity contribution in [2.45, 2.75) is 30.7 Å². The average Bonchev–Trinajstić information content (AvgIpc) is 2.69. The van der Waals surface area contributed by atoms with E-state index in [1.807, 2.05) is 31.0 Å². The van der Waals surface area contributed by atoms with E-state index in [9.17, 15) is 13.2 Å². The van der Waals surface area contributed by atoms with Crippen LogP contribution in [-0.2, 0) is 10.0 Å². The molecule has 2 N–H and O–H groups in total. The minimum Gasteiger partial charge on any atom is -0.339 e. The van der Waals surface area contributed by atoms with Gasteiger partial charge in [0.1, 0.15) is 0 Å². The van der Waals surface area contributed by atoms with E-state index in [1.54, 1.807) is 24.3 Å². The highest BCUT2D eigenvalue weighted by molar-refractivity contribution is 7.92. The number of likely N-dealkylation sites (tertiary alicyclic amines) is 1. The van der Waals surface area contributed by atoms with E-state index in [0.717, 1.165) is 18.4 Å². The summed E-state index contributed by atoms with van der Waals surface area (Å²) in [5.74, 6) is -0.0556. The van der Waals surface area contributed by atoms with Crippen LogP contribution in [0.2, 0.25) is 0 Å². The number of nitrogens with one attached hydrogen (secondary N) is 2. The van der Waals surface area contributed by atoms with E-state index in [-0.39, 0.29) is 23.2 Å². The molecule has 8 heteroatoms. The molecule has 0 bridgehead atoms. The van der Waals surface area contributed by atoms with Crippen molar-refractivity contribution in [3.63, 3.8) is 0 Å². The van der Waals surface area contributed by atoms with E-state index >= 15 is 0 Å². The van der Waals surface area contributed by atoms with Gasteiger partial charge in [0.2, 0.25) is 0 Å². The largest absolute Gasteiger partial charge is 0.339 e. The Morgan fingerprint density at radius 3 is 2.11 bits per heavy atom. The van der Waals surface area contributed by atoms with E-state index in [2.05, 4.69) is 10.0 Å². The molecule has 152 valence electrons. The van der Waals surface area contributed by atoms with E-state index < -0.39 is 10.0 Å². The average molecular weight is 424 g/mol. The molecule has 0 unspecified atom stereocenters. The molecule has 0 aliphatic carbocycles. The zero-order valence-electron chi connectivity index (χ0n) is 16.0. The number of hydrogen-bond acceptors (Lipinski definition) is 4. The first-order valence-electron chi connectivity index (χ1n) is 9.05. The Labute approximate surface area is 172 Å². The molecular weight excluding hydrogens is 398 g/mol. The van der Waals surface area contributed by atoms with Gasteiger partial charge >= 0.3 is 0 Å². The number of sulfonamides is 1. The maximum Gasteiger partial charge on any atom is 0.261 e. The van der Waals surface area contributed by atoms with Crippen molar-refractivity contribution in [3.8, 4) is 0 Å². The number of carbonyl (C=O) groups excluding carboxylic acids is 1. The molecule has 1 amide bonds. The lowest BCUT2D eigenvalue weighted by Crippen LogP contribution is -2.43. The Kier molecular flexibility index (Phi) is 7.46. The first-order chi connectivity index (χ1) is 12.9. The quantitative estimate of drug-likeness (QED) is 0.774. The van der Waals surface area contributed by atoms with Crippen LogP contribution >= 0.6 is 12.4 Å².